The molecule has 1 unspecified atom stereocenters. The Hall–Kier alpha value is -1.32. The van der Waals surface area contributed by atoms with Crippen molar-refractivity contribution in [3.8, 4) is 0 Å². The van der Waals surface area contributed by atoms with Crippen LogP contribution < -0.4 is 5.73 Å². The molecule has 1 atom stereocenters. The molecule has 0 radical (unpaired) electrons. The largest absolute Gasteiger partial charge is 0.459 e. The van der Waals surface area contributed by atoms with E-state index in [4.69, 9.17) is 10.2 Å². The van der Waals surface area contributed by atoms with E-state index >= 15 is 0 Å². The molecular formula is C16H22N2O. The van der Waals surface area contributed by atoms with Crippen LogP contribution in [-0.4, -0.2) is 23.5 Å². The molecule has 19 heavy (non-hydrogen) atoms. The van der Waals surface area contributed by atoms with Crippen molar-refractivity contribution >= 4 is 11.0 Å². The normalized spacial score (nSPS) is 21.0. The third kappa shape index (κ3) is 2.17. The van der Waals surface area contributed by atoms with E-state index in [1.807, 2.05) is 18.2 Å². The van der Waals surface area contributed by atoms with E-state index in [0.29, 0.717) is 6.54 Å². The highest BCUT2D eigenvalue weighted by Gasteiger charge is 2.38. The van der Waals surface area contributed by atoms with E-state index in [1.54, 1.807) is 0 Å². The van der Waals surface area contributed by atoms with Crippen molar-refractivity contribution in [2.75, 3.05) is 13.1 Å². The monoisotopic (exact) mass is 258 g/mol. The third-order valence-corrected chi connectivity index (χ3v) is 4.34. The minimum Gasteiger partial charge on any atom is -0.459 e. The van der Waals surface area contributed by atoms with Gasteiger partial charge in [-0.15, -0.1) is 0 Å². The number of benzene rings is 1. The molecule has 0 amide bonds. The van der Waals surface area contributed by atoms with Crippen molar-refractivity contribution in [3.63, 3.8) is 0 Å². The fourth-order valence-electron chi connectivity index (χ4n) is 3.27. The average Bonchev–Trinajstić information content (AvgIpc) is 2.94. The van der Waals surface area contributed by atoms with E-state index in [1.165, 1.54) is 12.8 Å². The van der Waals surface area contributed by atoms with Crippen LogP contribution in [0.15, 0.2) is 34.7 Å². The van der Waals surface area contributed by atoms with Crippen LogP contribution in [0, 0.1) is 0 Å². The van der Waals surface area contributed by atoms with Crippen LogP contribution in [0.4, 0.5) is 0 Å². The molecule has 1 aliphatic heterocycles. The highest BCUT2D eigenvalue weighted by atomic mass is 16.3. The first-order chi connectivity index (χ1) is 9.12. The zero-order chi connectivity index (χ0) is 13.5. The fourth-order valence-corrected chi connectivity index (χ4v) is 3.27. The predicted octanol–water partition coefficient (Wildman–Crippen LogP) is 3.31. The third-order valence-electron chi connectivity index (χ3n) is 4.34. The number of hydrogen-bond donors (Lipinski definition) is 1. The minimum atomic E-state index is 0.185. The van der Waals surface area contributed by atoms with Crippen LogP contribution in [0.5, 0.6) is 0 Å². The summed E-state index contributed by atoms with van der Waals surface area (Å²) in [6, 6.07) is 10.5. The Morgan fingerprint density at radius 2 is 2.16 bits per heavy atom. The summed E-state index contributed by atoms with van der Waals surface area (Å²) in [7, 11) is 0. The van der Waals surface area contributed by atoms with Crippen molar-refractivity contribution in [2.24, 2.45) is 5.73 Å². The van der Waals surface area contributed by atoms with Gasteiger partial charge in [0.25, 0.3) is 0 Å². The highest BCUT2D eigenvalue weighted by molar-refractivity contribution is 5.77. The Bertz CT molecular complexity index is 540. The van der Waals surface area contributed by atoms with E-state index in [-0.39, 0.29) is 11.6 Å². The molecule has 1 aromatic heterocycles. The quantitative estimate of drug-likeness (QED) is 0.918. The fraction of sp³-hybridized carbons (Fsp3) is 0.500. The molecule has 3 nitrogen and oxygen atoms in total. The van der Waals surface area contributed by atoms with Gasteiger partial charge in [-0.25, -0.2) is 0 Å². The molecule has 1 aromatic carbocycles. The van der Waals surface area contributed by atoms with E-state index in [9.17, 15) is 0 Å². The highest BCUT2D eigenvalue weighted by Crippen LogP contribution is 2.37. The lowest BCUT2D eigenvalue weighted by molar-refractivity contribution is 0.106. The molecule has 0 saturated carbocycles. The lowest BCUT2D eigenvalue weighted by Crippen LogP contribution is -2.43. The molecule has 1 fully saturated rings. The Kier molecular flexibility index (Phi) is 3.11. The van der Waals surface area contributed by atoms with Crippen LogP contribution in [0.25, 0.3) is 11.0 Å². The van der Waals surface area contributed by atoms with Gasteiger partial charge in [-0.3, -0.25) is 4.90 Å². The second kappa shape index (κ2) is 4.66. The maximum atomic E-state index is 6.03. The van der Waals surface area contributed by atoms with Gasteiger partial charge < -0.3 is 10.2 Å². The molecular weight excluding hydrogens is 236 g/mol. The number of rotatable bonds is 3. The van der Waals surface area contributed by atoms with Crippen molar-refractivity contribution in [1.29, 1.82) is 0 Å². The first kappa shape index (κ1) is 12.7. The van der Waals surface area contributed by atoms with Crippen LogP contribution in [0.2, 0.25) is 0 Å². The second-order valence-electron chi connectivity index (χ2n) is 6.05. The first-order valence-corrected chi connectivity index (χ1v) is 7.07. The summed E-state index contributed by atoms with van der Waals surface area (Å²) in [6.07, 6.45) is 2.47. The molecule has 0 aliphatic carbocycles. The van der Waals surface area contributed by atoms with Gasteiger partial charge in [-0.1, -0.05) is 18.2 Å². The zero-order valence-electron chi connectivity index (χ0n) is 11.7. The zero-order valence-corrected chi connectivity index (χ0v) is 11.7. The van der Waals surface area contributed by atoms with Gasteiger partial charge in [-0.05, 0) is 45.4 Å². The van der Waals surface area contributed by atoms with Gasteiger partial charge in [0.1, 0.15) is 11.3 Å². The number of nitrogens with zero attached hydrogens (tertiary/aromatic N) is 1. The summed E-state index contributed by atoms with van der Waals surface area (Å²) in [6.45, 7) is 6.30. The lowest BCUT2D eigenvalue weighted by atomic mass is 9.99. The van der Waals surface area contributed by atoms with Crippen molar-refractivity contribution in [3.05, 3.63) is 36.1 Å². The van der Waals surface area contributed by atoms with Crippen molar-refractivity contribution in [1.82, 2.24) is 4.90 Å². The summed E-state index contributed by atoms with van der Waals surface area (Å²) in [5.74, 6) is 0.999. The maximum absolute atomic E-state index is 6.03. The number of furan rings is 1. The van der Waals surface area contributed by atoms with Crippen molar-refractivity contribution < 1.29 is 4.42 Å². The first-order valence-electron chi connectivity index (χ1n) is 7.07. The van der Waals surface area contributed by atoms with Gasteiger partial charge in [0.2, 0.25) is 0 Å². The molecule has 2 N–H and O–H groups in total. The molecule has 2 heterocycles. The molecule has 2 aromatic rings. The predicted molar refractivity (Wildman–Crippen MR) is 78.0 cm³/mol. The summed E-state index contributed by atoms with van der Waals surface area (Å²) in [5, 5.41) is 1.16. The average molecular weight is 258 g/mol. The molecule has 3 rings (SSSR count). The Morgan fingerprint density at radius 1 is 1.37 bits per heavy atom. The van der Waals surface area contributed by atoms with Crippen LogP contribution in [-0.2, 0) is 0 Å². The number of fused-ring (bicyclic) bond motifs is 1. The standard InChI is InChI=1S/C16H22N2O/c1-16(2)8-5-9-18(16)13(11-17)15-10-12-6-3-4-7-14(12)19-15/h3-4,6-7,10,13H,5,8-9,11,17H2,1-2H3. The molecule has 0 spiro atoms. The molecule has 102 valence electrons. The van der Waals surface area contributed by atoms with Crippen LogP contribution >= 0.6 is 0 Å². The summed E-state index contributed by atoms with van der Waals surface area (Å²) in [5.41, 5.74) is 7.19. The summed E-state index contributed by atoms with van der Waals surface area (Å²) < 4.78 is 6.01. The Balaban J connectivity index is 1.97. The minimum absolute atomic E-state index is 0.185. The summed E-state index contributed by atoms with van der Waals surface area (Å²) in [4.78, 5) is 2.49. The number of nitrogens with two attached hydrogens (primary N) is 1. The second-order valence-corrected chi connectivity index (χ2v) is 6.05. The van der Waals surface area contributed by atoms with Gasteiger partial charge in [0.05, 0.1) is 6.04 Å². The number of para-hydroxylation sites is 1. The van der Waals surface area contributed by atoms with Crippen LogP contribution in [0.3, 0.4) is 0 Å². The van der Waals surface area contributed by atoms with Gasteiger partial charge in [-0.2, -0.15) is 0 Å². The Labute approximate surface area is 114 Å². The summed E-state index contributed by atoms with van der Waals surface area (Å²) >= 11 is 0. The molecule has 1 saturated heterocycles. The molecule has 1 aliphatic rings. The van der Waals surface area contributed by atoms with Gasteiger partial charge in [0, 0.05) is 17.5 Å². The van der Waals surface area contributed by atoms with E-state index in [2.05, 4.69) is 30.9 Å². The maximum Gasteiger partial charge on any atom is 0.134 e. The molecule has 0 bridgehead atoms. The van der Waals surface area contributed by atoms with E-state index in [0.717, 1.165) is 23.3 Å². The lowest BCUT2D eigenvalue weighted by Gasteiger charge is -2.36. The topological polar surface area (TPSA) is 42.4 Å². The van der Waals surface area contributed by atoms with Crippen LogP contribution in [0.1, 0.15) is 38.5 Å². The smallest absolute Gasteiger partial charge is 0.134 e. The number of hydrogen-bond acceptors (Lipinski definition) is 3. The van der Waals surface area contributed by atoms with E-state index < -0.39 is 0 Å². The van der Waals surface area contributed by atoms with Gasteiger partial charge in [0.15, 0.2) is 0 Å². The SMILES string of the molecule is CC1(C)CCCN1C(CN)c1cc2ccccc2o1. The molecule has 3 heteroatoms. The van der Waals surface area contributed by atoms with Gasteiger partial charge >= 0.3 is 0 Å². The van der Waals surface area contributed by atoms with Crippen molar-refractivity contribution in [2.45, 2.75) is 38.3 Å². The number of likely N-dealkylation sites (tertiary alicyclic amines) is 1. The Morgan fingerprint density at radius 3 is 2.79 bits per heavy atom.